The molecule has 0 aliphatic rings. The molecule has 192 valence electrons. The lowest BCUT2D eigenvalue weighted by Gasteiger charge is -2.10. The fraction of sp³-hybridized carbons (Fsp3) is 0.100. The van der Waals surface area contributed by atoms with E-state index in [9.17, 15) is 9.59 Å². The Balaban J connectivity index is 1.28. The highest BCUT2D eigenvalue weighted by Crippen LogP contribution is 2.23. The average Bonchev–Trinajstić information content (AvgIpc) is 2.93. The van der Waals surface area contributed by atoms with Crippen molar-refractivity contribution in [2.45, 2.75) is 13.5 Å². The molecular weight excluding hydrogens is 548 g/mol. The molecule has 0 radical (unpaired) electrons. The number of nitrogens with zero attached hydrogens (tertiary/aromatic N) is 1. The fourth-order valence-corrected chi connectivity index (χ4v) is 3.78. The van der Waals surface area contributed by atoms with Crippen molar-refractivity contribution < 1.29 is 23.8 Å². The van der Waals surface area contributed by atoms with Crippen molar-refractivity contribution in [2.24, 2.45) is 5.10 Å². The van der Waals surface area contributed by atoms with Crippen molar-refractivity contribution in [2.75, 3.05) is 6.61 Å². The van der Waals surface area contributed by atoms with Gasteiger partial charge < -0.3 is 14.2 Å². The number of nitrogens with one attached hydrogen (secondary N) is 1. The standard InChI is InChI=1S/C30H25BrN2O5/c1-21-7-5-6-10-27(21)30(35)38-28-16-11-24(31)17-23(28)18-32-33-29(34)20-37-26-14-12-25(13-15-26)36-19-22-8-3-2-4-9-22/h2-18H,19-20H2,1H3,(H,33,34)/b32-18-. The van der Waals surface area contributed by atoms with Crippen LogP contribution in [0.2, 0.25) is 0 Å². The van der Waals surface area contributed by atoms with Gasteiger partial charge in [-0.15, -0.1) is 0 Å². The van der Waals surface area contributed by atoms with Crippen molar-refractivity contribution in [3.63, 3.8) is 0 Å². The van der Waals surface area contributed by atoms with Gasteiger partial charge in [-0.05, 0) is 66.6 Å². The highest BCUT2D eigenvalue weighted by atomic mass is 79.9. The molecule has 4 rings (SSSR count). The van der Waals surface area contributed by atoms with Crippen LogP contribution in [0.1, 0.15) is 27.0 Å². The summed E-state index contributed by atoms with van der Waals surface area (Å²) in [6, 6.07) is 29.2. The van der Waals surface area contributed by atoms with Crippen LogP contribution in [-0.2, 0) is 11.4 Å². The summed E-state index contributed by atoms with van der Waals surface area (Å²) in [7, 11) is 0. The lowest BCUT2D eigenvalue weighted by Crippen LogP contribution is -2.24. The molecule has 0 aliphatic heterocycles. The molecule has 0 unspecified atom stereocenters. The van der Waals surface area contributed by atoms with Crippen LogP contribution < -0.4 is 19.6 Å². The lowest BCUT2D eigenvalue weighted by molar-refractivity contribution is -0.123. The number of rotatable bonds is 10. The van der Waals surface area contributed by atoms with Crippen molar-refractivity contribution in [3.8, 4) is 17.2 Å². The minimum Gasteiger partial charge on any atom is -0.489 e. The van der Waals surface area contributed by atoms with Crippen molar-refractivity contribution >= 4 is 34.0 Å². The van der Waals surface area contributed by atoms with Crippen LogP contribution in [0.4, 0.5) is 0 Å². The van der Waals surface area contributed by atoms with Crippen LogP contribution in [0.5, 0.6) is 17.2 Å². The Bertz CT molecular complexity index is 1420. The van der Waals surface area contributed by atoms with Gasteiger partial charge in [0.25, 0.3) is 5.91 Å². The molecule has 0 fully saturated rings. The molecule has 0 bridgehead atoms. The first-order valence-electron chi connectivity index (χ1n) is 11.8. The number of benzene rings is 4. The highest BCUT2D eigenvalue weighted by molar-refractivity contribution is 9.10. The Labute approximate surface area is 229 Å². The predicted molar refractivity (Wildman–Crippen MR) is 149 cm³/mol. The zero-order valence-electron chi connectivity index (χ0n) is 20.6. The molecule has 0 saturated heterocycles. The lowest BCUT2D eigenvalue weighted by atomic mass is 10.1. The van der Waals surface area contributed by atoms with E-state index in [0.717, 1.165) is 15.6 Å². The van der Waals surface area contributed by atoms with Gasteiger partial charge in [0.05, 0.1) is 11.8 Å². The number of amides is 1. The summed E-state index contributed by atoms with van der Waals surface area (Å²) in [6.45, 7) is 2.08. The summed E-state index contributed by atoms with van der Waals surface area (Å²) in [6.07, 6.45) is 1.40. The number of carbonyl (C=O) groups is 2. The van der Waals surface area contributed by atoms with Crippen molar-refractivity contribution in [1.29, 1.82) is 0 Å². The van der Waals surface area contributed by atoms with Gasteiger partial charge in [0.15, 0.2) is 6.61 Å². The molecular formula is C30H25BrN2O5. The number of hydrazone groups is 1. The molecule has 0 spiro atoms. The van der Waals surface area contributed by atoms with Crippen LogP contribution in [-0.4, -0.2) is 24.7 Å². The molecule has 0 aliphatic carbocycles. The molecule has 0 saturated carbocycles. The molecule has 0 atom stereocenters. The van der Waals surface area contributed by atoms with Crippen LogP contribution in [0.25, 0.3) is 0 Å². The second kappa shape index (κ2) is 13.2. The number of aryl methyl sites for hydroxylation is 1. The Morgan fingerprint density at radius 2 is 1.55 bits per heavy atom. The maximum atomic E-state index is 12.6. The largest absolute Gasteiger partial charge is 0.489 e. The van der Waals surface area contributed by atoms with E-state index in [4.69, 9.17) is 14.2 Å². The summed E-state index contributed by atoms with van der Waals surface area (Å²) in [5, 5.41) is 3.98. The van der Waals surface area contributed by atoms with Gasteiger partial charge in [-0.3, -0.25) is 4.79 Å². The number of ether oxygens (including phenoxy) is 3. The van der Waals surface area contributed by atoms with Crippen LogP contribution in [0, 0.1) is 6.92 Å². The molecule has 1 N–H and O–H groups in total. The van der Waals surface area contributed by atoms with Gasteiger partial charge in [-0.2, -0.15) is 5.10 Å². The van der Waals surface area contributed by atoms with E-state index < -0.39 is 11.9 Å². The maximum Gasteiger partial charge on any atom is 0.343 e. The minimum absolute atomic E-state index is 0.227. The molecule has 1 amide bonds. The number of hydrogen-bond acceptors (Lipinski definition) is 6. The van der Waals surface area contributed by atoms with Gasteiger partial charge in [-0.25, -0.2) is 10.2 Å². The summed E-state index contributed by atoms with van der Waals surface area (Å²) < 4.78 is 17.6. The van der Waals surface area contributed by atoms with Crippen molar-refractivity contribution in [3.05, 3.63) is 124 Å². The third-order valence-corrected chi connectivity index (χ3v) is 5.87. The van der Waals surface area contributed by atoms with Gasteiger partial charge in [0, 0.05) is 10.0 Å². The Hall–Kier alpha value is -4.43. The average molecular weight is 573 g/mol. The molecule has 7 nitrogen and oxygen atoms in total. The first-order chi connectivity index (χ1) is 18.5. The van der Waals surface area contributed by atoms with Crippen LogP contribution in [0.15, 0.2) is 107 Å². The monoisotopic (exact) mass is 572 g/mol. The molecule has 0 aromatic heterocycles. The Morgan fingerprint density at radius 1 is 0.868 bits per heavy atom. The summed E-state index contributed by atoms with van der Waals surface area (Å²) in [4.78, 5) is 24.8. The molecule has 4 aromatic rings. The van der Waals surface area contributed by atoms with E-state index in [-0.39, 0.29) is 6.61 Å². The summed E-state index contributed by atoms with van der Waals surface area (Å²) >= 11 is 3.40. The first-order valence-corrected chi connectivity index (χ1v) is 12.6. The quantitative estimate of drug-likeness (QED) is 0.108. The van der Waals surface area contributed by atoms with E-state index in [2.05, 4.69) is 26.5 Å². The third kappa shape index (κ3) is 7.78. The Morgan fingerprint density at radius 3 is 2.29 bits per heavy atom. The zero-order chi connectivity index (χ0) is 26.7. The molecule has 4 aromatic carbocycles. The smallest absolute Gasteiger partial charge is 0.343 e. The second-order valence-corrected chi connectivity index (χ2v) is 9.13. The van der Waals surface area contributed by atoms with Crippen LogP contribution in [0.3, 0.4) is 0 Å². The molecule has 38 heavy (non-hydrogen) atoms. The maximum absolute atomic E-state index is 12.6. The van der Waals surface area contributed by atoms with Gasteiger partial charge in [0.1, 0.15) is 23.9 Å². The molecule has 8 heteroatoms. The zero-order valence-corrected chi connectivity index (χ0v) is 22.2. The predicted octanol–water partition coefficient (Wildman–Crippen LogP) is 6.08. The van der Waals surface area contributed by atoms with Gasteiger partial charge in [-0.1, -0.05) is 64.5 Å². The summed E-state index contributed by atoms with van der Waals surface area (Å²) in [5.74, 6) is 0.607. The highest BCUT2D eigenvalue weighted by Gasteiger charge is 2.13. The molecule has 0 heterocycles. The number of halogens is 1. The van der Waals surface area contributed by atoms with E-state index in [1.165, 1.54) is 6.21 Å². The van der Waals surface area contributed by atoms with E-state index in [1.807, 2.05) is 49.4 Å². The van der Waals surface area contributed by atoms with E-state index in [0.29, 0.717) is 35.0 Å². The summed E-state index contributed by atoms with van der Waals surface area (Å²) in [5.41, 5.74) is 5.28. The van der Waals surface area contributed by atoms with Gasteiger partial charge in [0.2, 0.25) is 0 Å². The SMILES string of the molecule is Cc1ccccc1C(=O)Oc1ccc(Br)cc1/C=N\NC(=O)COc1ccc(OCc2ccccc2)cc1. The Kier molecular flexibility index (Phi) is 9.26. The van der Waals surface area contributed by atoms with E-state index >= 15 is 0 Å². The van der Waals surface area contributed by atoms with E-state index in [1.54, 1.807) is 54.6 Å². The normalized spacial score (nSPS) is 10.7. The van der Waals surface area contributed by atoms with Crippen molar-refractivity contribution in [1.82, 2.24) is 5.43 Å². The number of carbonyl (C=O) groups excluding carboxylic acids is 2. The number of esters is 1. The first kappa shape index (κ1) is 26.6. The minimum atomic E-state index is -0.478. The topological polar surface area (TPSA) is 86.2 Å². The van der Waals surface area contributed by atoms with Crippen LogP contribution >= 0.6 is 15.9 Å². The fourth-order valence-electron chi connectivity index (χ4n) is 3.40. The second-order valence-electron chi connectivity index (χ2n) is 8.21. The third-order valence-electron chi connectivity index (χ3n) is 5.37. The number of hydrogen-bond donors (Lipinski definition) is 1. The van der Waals surface area contributed by atoms with Gasteiger partial charge >= 0.3 is 5.97 Å².